The molecule has 4 heteroatoms. The first-order valence-electron chi connectivity index (χ1n) is 5.97. The minimum Gasteiger partial charge on any atom is -0.461 e. The van der Waals surface area contributed by atoms with E-state index in [1.165, 1.54) is 0 Å². The Morgan fingerprint density at radius 3 is 2.72 bits per heavy atom. The Balaban J connectivity index is 2.28. The average molecular weight is 245 g/mol. The highest BCUT2D eigenvalue weighted by Crippen LogP contribution is 2.38. The molecule has 0 saturated carbocycles. The number of furan rings is 1. The molecule has 2 aromatic rings. The van der Waals surface area contributed by atoms with Gasteiger partial charge < -0.3 is 14.1 Å². The first-order valence-corrected chi connectivity index (χ1v) is 5.97. The largest absolute Gasteiger partial charge is 0.461 e. The number of rotatable bonds is 0. The Morgan fingerprint density at radius 2 is 2.00 bits per heavy atom. The van der Waals surface area contributed by atoms with Crippen molar-refractivity contribution in [2.24, 2.45) is 0 Å². The maximum atomic E-state index is 11.6. The SMILES string of the molecule is Cc1oc2cc3c(cc2c1C)C(C)N(C)C(=O)O3. The van der Waals surface area contributed by atoms with E-state index >= 15 is 0 Å². The predicted molar refractivity (Wildman–Crippen MR) is 67.9 cm³/mol. The fraction of sp³-hybridized carbons (Fsp3) is 0.357. The Labute approximate surface area is 105 Å². The first kappa shape index (κ1) is 11.1. The number of benzene rings is 1. The van der Waals surface area contributed by atoms with Crippen LogP contribution in [0.4, 0.5) is 4.79 Å². The van der Waals surface area contributed by atoms with Gasteiger partial charge in [-0.2, -0.15) is 0 Å². The van der Waals surface area contributed by atoms with Gasteiger partial charge in [0, 0.05) is 24.1 Å². The number of hydrogen-bond donors (Lipinski definition) is 0. The minimum absolute atomic E-state index is 0.0141. The van der Waals surface area contributed by atoms with E-state index in [1.807, 2.05) is 26.8 Å². The van der Waals surface area contributed by atoms with Crippen molar-refractivity contribution in [3.8, 4) is 5.75 Å². The minimum atomic E-state index is -0.325. The standard InChI is InChI=1S/C14H15NO3/c1-7-9(3)17-12-6-13-11(5-10(7)12)8(2)15(4)14(16)18-13/h5-6,8H,1-4H3. The molecule has 3 rings (SSSR count). The van der Waals surface area contributed by atoms with Gasteiger partial charge in [0.15, 0.2) is 0 Å². The second kappa shape index (κ2) is 3.51. The number of carbonyl (C=O) groups excluding carboxylic acids is 1. The molecule has 0 bridgehead atoms. The van der Waals surface area contributed by atoms with Crippen molar-refractivity contribution in [1.82, 2.24) is 4.90 Å². The summed E-state index contributed by atoms with van der Waals surface area (Å²) in [5.41, 5.74) is 2.93. The molecule has 1 aliphatic heterocycles. The highest BCUT2D eigenvalue weighted by molar-refractivity contribution is 5.86. The maximum Gasteiger partial charge on any atom is 0.415 e. The normalized spacial score (nSPS) is 19.0. The third-order valence-corrected chi connectivity index (χ3v) is 3.82. The Bertz CT molecular complexity index is 657. The lowest BCUT2D eigenvalue weighted by atomic mass is 10.0. The number of ether oxygens (including phenoxy) is 1. The van der Waals surface area contributed by atoms with Gasteiger partial charge in [0.1, 0.15) is 17.1 Å². The van der Waals surface area contributed by atoms with Gasteiger partial charge in [-0.1, -0.05) is 0 Å². The van der Waals surface area contributed by atoms with Gasteiger partial charge in [-0.25, -0.2) is 4.79 Å². The lowest BCUT2D eigenvalue weighted by Gasteiger charge is -2.30. The Morgan fingerprint density at radius 1 is 1.28 bits per heavy atom. The molecule has 4 nitrogen and oxygen atoms in total. The van der Waals surface area contributed by atoms with Gasteiger partial charge >= 0.3 is 6.09 Å². The third kappa shape index (κ3) is 1.35. The molecule has 94 valence electrons. The zero-order chi connectivity index (χ0) is 13.0. The number of aryl methyl sites for hydroxylation is 2. The van der Waals surface area contributed by atoms with Crippen LogP contribution in [0.5, 0.6) is 5.75 Å². The molecule has 1 amide bonds. The van der Waals surface area contributed by atoms with E-state index in [0.29, 0.717) is 5.75 Å². The summed E-state index contributed by atoms with van der Waals surface area (Å²) in [5, 5.41) is 1.09. The number of fused-ring (bicyclic) bond motifs is 2. The summed E-state index contributed by atoms with van der Waals surface area (Å²) in [7, 11) is 1.74. The summed E-state index contributed by atoms with van der Waals surface area (Å²) >= 11 is 0. The third-order valence-electron chi connectivity index (χ3n) is 3.82. The molecule has 1 aromatic heterocycles. The summed E-state index contributed by atoms with van der Waals surface area (Å²) in [6.07, 6.45) is -0.325. The van der Waals surface area contributed by atoms with Crippen LogP contribution in [0.15, 0.2) is 16.5 Å². The number of nitrogens with zero attached hydrogens (tertiary/aromatic N) is 1. The van der Waals surface area contributed by atoms with E-state index in [2.05, 4.69) is 6.07 Å². The zero-order valence-corrected chi connectivity index (χ0v) is 10.9. The van der Waals surface area contributed by atoms with Crippen LogP contribution >= 0.6 is 0 Å². The van der Waals surface area contributed by atoms with Gasteiger partial charge in [0.2, 0.25) is 0 Å². The molecule has 1 aromatic carbocycles. The molecule has 0 saturated heterocycles. The van der Waals surface area contributed by atoms with E-state index in [9.17, 15) is 4.79 Å². The quantitative estimate of drug-likeness (QED) is 0.712. The summed E-state index contributed by atoms with van der Waals surface area (Å²) in [6.45, 7) is 5.97. The van der Waals surface area contributed by atoms with E-state index in [0.717, 1.165) is 27.9 Å². The summed E-state index contributed by atoms with van der Waals surface area (Å²) in [4.78, 5) is 13.2. The summed E-state index contributed by atoms with van der Waals surface area (Å²) in [5.74, 6) is 1.51. The second-order valence-electron chi connectivity index (χ2n) is 4.82. The van der Waals surface area contributed by atoms with E-state index < -0.39 is 0 Å². The van der Waals surface area contributed by atoms with Crippen LogP contribution in [0.1, 0.15) is 29.9 Å². The van der Waals surface area contributed by atoms with Gasteiger partial charge in [-0.05, 0) is 32.4 Å². The van der Waals surface area contributed by atoms with Crippen LogP contribution in [0, 0.1) is 13.8 Å². The smallest absolute Gasteiger partial charge is 0.415 e. The number of carbonyl (C=O) groups is 1. The molecule has 18 heavy (non-hydrogen) atoms. The van der Waals surface area contributed by atoms with Crippen molar-refractivity contribution in [1.29, 1.82) is 0 Å². The van der Waals surface area contributed by atoms with Gasteiger partial charge in [-0.15, -0.1) is 0 Å². The monoisotopic (exact) mass is 245 g/mol. The average Bonchev–Trinajstić information content (AvgIpc) is 2.60. The van der Waals surface area contributed by atoms with E-state index in [4.69, 9.17) is 9.15 Å². The van der Waals surface area contributed by atoms with E-state index in [-0.39, 0.29) is 12.1 Å². The predicted octanol–water partition coefficient (Wildman–Crippen LogP) is 3.55. The van der Waals surface area contributed by atoms with E-state index in [1.54, 1.807) is 11.9 Å². The molecule has 1 atom stereocenters. The molecule has 1 unspecified atom stereocenters. The lowest BCUT2D eigenvalue weighted by molar-refractivity contribution is 0.136. The molecule has 0 N–H and O–H groups in total. The molecule has 2 heterocycles. The van der Waals surface area contributed by atoms with Crippen LogP contribution in [-0.4, -0.2) is 18.0 Å². The summed E-state index contributed by atoms with van der Waals surface area (Å²) in [6, 6.07) is 3.89. The van der Waals surface area contributed by atoms with Gasteiger partial charge in [0.25, 0.3) is 0 Å². The maximum absolute atomic E-state index is 11.6. The highest BCUT2D eigenvalue weighted by atomic mass is 16.6. The lowest BCUT2D eigenvalue weighted by Crippen LogP contribution is -2.36. The Hall–Kier alpha value is -1.97. The topological polar surface area (TPSA) is 42.7 Å². The van der Waals surface area contributed by atoms with Crippen molar-refractivity contribution >= 4 is 17.1 Å². The molecular formula is C14H15NO3. The molecule has 1 aliphatic rings. The second-order valence-corrected chi connectivity index (χ2v) is 4.82. The molecule has 0 spiro atoms. The molecule has 0 fully saturated rings. The van der Waals surface area contributed by atoms with Crippen LogP contribution in [0.2, 0.25) is 0 Å². The fourth-order valence-corrected chi connectivity index (χ4v) is 2.33. The van der Waals surface area contributed by atoms with Gasteiger partial charge in [0.05, 0.1) is 6.04 Å². The summed E-state index contributed by atoms with van der Waals surface area (Å²) < 4.78 is 11.0. The van der Waals surface area contributed by atoms with Crippen molar-refractivity contribution in [3.63, 3.8) is 0 Å². The van der Waals surface area contributed by atoms with Crippen LogP contribution in [0.3, 0.4) is 0 Å². The first-order chi connectivity index (χ1) is 8.49. The highest BCUT2D eigenvalue weighted by Gasteiger charge is 2.29. The number of amides is 1. The van der Waals surface area contributed by atoms with Crippen molar-refractivity contribution in [3.05, 3.63) is 29.0 Å². The van der Waals surface area contributed by atoms with Gasteiger partial charge in [-0.3, -0.25) is 0 Å². The van der Waals surface area contributed by atoms with Crippen LogP contribution < -0.4 is 4.74 Å². The Kier molecular flexibility index (Phi) is 2.17. The van der Waals surface area contributed by atoms with Crippen LogP contribution in [0.25, 0.3) is 11.0 Å². The van der Waals surface area contributed by atoms with Crippen molar-refractivity contribution < 1.29 is 13.9 Å². The number of hydrogen-bond acceptors (Lipinski definition) is 3. The van der Waals surface area contributed by atoms with Crippen molar-refractivity contribution in [2.75, 3.05) is 7.05 Å². The zero-order valence-electron chi connectivity index (χ0n) is 10.9. The molecule has 0 aliphatic carbocycles. The fourth-order valence-electron chi connectivity index (χ4n) is 2.33. The molecular weight excluding hydrogens is 230 g/mol. The van der Waals surface area contributed by atoms with Crippen LogP contribution in [-0.2, 0) is 0 Å². The molecule has 0 radical (unpaired) electrons. The van der Waals surface area contributed by atoms with Crippen molar-refractivity contribution in [2.45, 2.75) is 26.8 Å².